The summed E-state index contributed by atoms with van der Waals surface area (Å²) in [7, 11) is 0. The highest BCUT2D eigenvalue weighted by atomic mass is 79.9. The third kappa shape index (κ3) is 3.88. The summed E-state index contributed by atoms with van der Waals surface area (Å²) >= 11 is 3.31. The summed E-state index contributed by atoms with van der Waals surface area (Å²) in [5.74, 6) is -0.123. The van der Waals surface area contributed by atoms with Gasteiger partial charge in [-0.2, -0.15) is 0 Å². The molecule has 1 heterocycles. The van der Waals surface area contributed by atoms with E-state index in [1.54, 1.807) is 6.07 Å². The highest BCUT2D eigenvalue weighted by Gasteiger charge is 2.23. The van der Waals surface area contributed by atoms with Crippen molar-refractivity contribution in [1.82, 2.24) is 10.2 Å². The number of hydrogen-bond acceptors (Lipinski definition) is 2. The molecule has 1 N–H and O–H groups in total. The van der Waals surface area contributed by atoms with Gasteiger partial charge in [0.1, 0.15) is 5.82 Å². The van der Waals surface area contributed by atoms with E-state index in [0.29, 0.717) is 0 Å². The number of allylic oxidation sites excluding steroid dienone is 1. The fourth-order valence-electron chi connectivity index (χ4n) is 2.58. The van der Waals surface area contributed by atoms with Crippen molar-refractivity contribution >= 4 is 15.9 Å². The lowest BCUT2D eigenvalue weighted by molar-refractivity contribution is 0.163. The Balaban J connectivity index is 2.22. The summed E-state index contributed by atoms with van der Waals surface area (Å²) in [5.41, 5.74) is 0.798. The van der Waals surface area contributed by atoms with Crippen molar-refractivity contribution in [2.45, 2.75) is 18.9 Å². The topological polar surface area (TPSA) is 15.3 Å². The highest BCUT2D eigenvalue weighted by Crippen LogP contribution is 2.29. The van der Waals surface area contributed by atoms with Crippen LogP contribution < -0.4 is 5.32 Å². The highest BCUT2D eigenvalue weighted by molar-refractivity contribution is 9.10. The van der Waals surface area contributed by atoms with Crippen LogP contribution in [0.1, 0.15) is 24.4 Å². The lowest BCUT2D eigenvalue weighted by atomic mass is 9.99. The second kappa shape index (κ2) is 7.17. The molecule has 2 rings (SSSR count). The number of nitrogens with zero attached hydrogens (tertiary/aromatic N) is 1. The van der Waals surface area contributed by atoms with Crippen LogP contribution in [0.3, 0.4) is 0 Å². The van der Waals surface area contributed by atoms with Crippen LogP contribution in [0.15, 0.2) is 35.3 Å². The minimum atomic E-state index is -0.123. The molecule has 1 fully saturated rings. The van der Waals surface area contributed by atoms with E-state index in [1.165, 1.54) is 0 Å². The molecule has 0 bridgehead atoms. The van der Waals surface area contributed by atoms with Gasteiger partial charge in [0.15, 0.2) is 0 Å². The molecule has 0 aromatic heterocycles. The van der Waals surface area contributed by atoms with Gasteiger partial charge in [0.05, 0.1) is 0 Å². The van der Waals surface area contributed by atoms with Gasteiger partial charge >= 0.3 is 0 Å². The maximum Gasteiger partial charge on any atom is 0.129 e. The Bertz CT molecular complexity index is 430. The molecule has 1 aromatic carbocycles. The van der Waals surface area contributed by atoms with Crippen LogP contribution >= 0.6 is 15.9 Å². The van der Waals surface area contributed by atoms with Gasteiger partial charge in [-0.3, -0.25) is 4.90 Å². The summed E-state index contributed by atoms with van der Waals surface area (Å²) in [6, 6.07) is 5.52. The van der Waals surface area contributed by atoms with Crippen LogP contribution in [0.25, 0.3) is 0 Å². The summed E-state index contributed by atoms with van der Waals surface area (Å²) in [6.45, 7) is 7.66. The minimum Gasteiger partial charge on any atom is -0.314 e. The third-order valence-electron chi connectivity index (χ3n) is 3.56. The van der Waals surface area contributed by atoms with Gasteiger partial charge in [-0.25, -0.2) is 4.39 Å². The van der Waals surface area contributed by atoms with Crippen molar-refractivity contribution < 1.29 is 4.39 Å². The lowest BCUT2D eigenvalue weighted by Crippen LogP contribution is -2.45. The molecule has 1 aliphatic rings. The van der Waals surface area contributed by atoms with Crippen molar-refractivity contribution in [2.24, 2.45) is 0 Å². The van der Waals surface area contributed by atoms with E-state index in [-0.39, 0.29) is 11.9 Å². The molecule has 0 unspecified atom stereocenters. The molecular formula is C15H20BrFN2. The largest absolute Gasteiger partial charge is 0.314 e. The van der Waals surface area contributed by atoms with Crippen molar-refractivity contribution in [1.29, 1.82) is 0 Å². The number of halogens is 2. The zero-order chi connectivity index (χ0) is 13.7. The summed E-state index contributed by atoms with van der Waals surface area (Å²) < 4.78 is 15.0. The summed E-state index contributed by atoms with van der Waals surface area (Å²) in [6.07, 6.45) is 3.73. The van der Waals surface area contributed by atoms with Crippen LogP contribution in [0.4, 0.5) is 4.39 Å². The average molecular weight is 327 g/mol. The normalized spacial score (nSPS) is 18.2. The van der Waals surface area contributed by atoms with E-state index in [9.17, 15) is 4.39 Å². The molecule has 104 valence electrons. The first kappa shape index (κ1) is 14.7. The standard InChI is InChI=1S/C15H20BrFN2/c1-2-3-4-15(19-9-7-18-8-10-19)13-6-5-12(16)11-14(13)17/h2,5-6,11,15,18H,1,3-4,7-10H2/t15-/m0/s1. The van der Waals surface area contributed by atoms with E-state index < -0.39 is 0 Å². The molecule has 1 atom stereocenters. The number of rotatable bonds is 5. The Hall–Kier alpha value is -0.710. The van der Waals surface area contributed by atoms with Gasteiger partial charge in [0.2, 0.25) is 0 Å². The first-order chi connectivity index (χ1) is 9.22. The minimum absolute atomic E-state index is 0.123. The van der Waals surface area contributed by atoms with Gasteiger partial charge < -0.3 is 5.32 Å². The second-order valence-corrected chi connectivity index (χ2v) is 5.75. The number of piperazine rings is 1. The zero-order valence-electron chi connectivity index (χ0n) is 11.0. The number of hydrogen-bond donors (Lipinski definition) is 1. The van der Waals surface area contributed by atoms with E-state index in [4.69, 9.17) is 0 Å². The molecule has 0 spiro atoms. The first-order valence-corrected chi connectivity index (χ1v) is 7.52. The van der Waals surface area contributed by atoms with Crippen LogP contribution in [0, 0.1) is 5.82 Å². The zero-order valence-corrected chi connectivity index (χ0v) is 12.6. The van der Waals surface area contributed by atoms with E-state index >= 15 is 0 Å². The molecule has 4 heteroatoms. The van der Waals surface area contributed by atoms with E-state index in [1.807, 2.05) is 18.2 Å². The van der Waals surface area contributed by atoms with E-state index in [0.717, 1.165) is 49.1 Å². The van der Waals surface area contributed by atoms with Gasteiger partial charge in [-0.05, 0) is 25.0 Å². The molecule has 2 nitrogen and oxygen atoms in total. The molecule has 1 saturated heterocycles. The molecule has 0 amide bonds. The smallest absolute Gasteiger partial charge is 0.129 e. The van der Waals surface area contributed by atoms with Crippen molar-refractivity contribution in [3.63, 3.8) is 0 Å². The Morgan fingerprint density at radius 3 is 2.79 bits per heavy atom. The maximum atomic E-state index is 14.2. The van der Waals surface area contributed by atoms with Gasteiger partial charge in [0, 0.05) is 42.3 Å². The Morgan fingerprint density at radius 2 is 2.16 bits per heavy atom. The second-order valence-electron chi connectivity index (χ2n) is 4.83. The van der Waals surface area contributed by atoms with Crippen LogP contribution in [-0.2, 0) is 0 Å². The first-order valence-electron chi connectivity index (χ1n) is 6.73. The predicted octanol–water partition coefficient (Wildman–Crippen LogP) is 3.50. The van der Waals surface area contributed by atoms with E-state index in [2.05, 4.69) is 32.7 Å². The van der Waals surface area contributed by atoms with Gasteiger partial charge in [-0.1, -0.05) is 28.1 Å². The lowest BCUT2D eigenvalue weighted by Gasteiger charge is -2.35. The van der Waals surface area contributed by atoms with Crippen molar-refractivity contribution in [3.05, 3.63) is 46.7 Å². The summed E-state index contributed by atoms with van der Waals surface area (Å²) in [5, 5.41) is 3.34. The average Bonchev–Trinajstić information content (AvgIpc) is 2.42. The Kier molecular flexibility index (Phi) is 5.55. The molecule has 1 aromatic rings. The fourth-order valence-corrected chi connectivity index (χ4v) is 2.91. The molecule has 0 radical (unpaired) electrons. The fraction of sp³-hybridized carbons (Fsp3) is 0.467. The SMILES string of the molecule is C=CCC[C@@H](c1ccc(Br)cc1F)N1CCNCC1. The summed E-state index contributed by atoms with van der Waals surface area (Å²) in [4.78, 5) is 2.37. The monoisotopic (exact) mass is 326 g/mol. The third-order valence-corrected chi connectivity index (χ3v) is 4.05. The quantitative estimate of drug-likeness (QED) is 0.833. The molecule has 1 aliphatic heterocycles. The van der Waals surface area contributed by atoms with Crippen molar-refractivity contribution in [2.75, 3.05) is 26.2 Å². The molecular weight excluding hydrogens is 307 g/mol. The molecule has 0 saturated carbocycles. The number of benzene rings is 1. The predicted molar refractivity (Wildman–Crippen MR) is 80.7 cm³/mol. The maximum absolute atomic E-state index is 14.2. The Labute approximate surface area is 122 Å². The van der Waals surface area contributed by atoms with Crippen molar-refractivity contribution in [3.8, 4) is 0 Å². The van der Waals surface area contributed by atoms with Gasteiger partial charge in [0.25, 0.3) is 0 Å². The van der Waals surface area contributed by atoms with Gasteiger partial charge in [-0.15, -0.1) is 6.58 Å². The van der Waals surface area contributed by atoms with Crippen LogP contribution in [0.5, 0.6) is 0 Å². The Morgan fingerprint density at radius 1 is 1.42 bits per heavy atom. The van der Waals surface area contributed by atoms with Crippen LogP contribution in [-0.4, -0.2) is 31.1 Å². The molecule has 0 aliphatic carbocycles. The molecule has 19 heavy (non-hydrogen) atoms. The van der Waals surface area contributed by atoms with Crippen LogP contribution in [0.2, 0.25) is 0 Å². The number of nitrogens with one attached hydrogen (secondary N) is 1.